The van der Waals surface area contributed by atoms with E-state index in [0.29, 0.717) is 0 Å². The lowest BCUT2D eigenvalue weighted by Gasteiger charge is -2.15. The molecule has 1 aromatic carbocycles. The van der Waals surface area contributed by atoms with Crippen molar-refractivity contribution in [2.75, 3.05) is 0 Å². The summed E-state index contributed by atoms with van der Waals surface area (Å²) in [5.74, 6) is 0. The van der Waals surface area contributed by atoms with Crippen molar-refractivity contribution >= 4 is 19.7 Å². The highest BCUT2D eigenvalue weighted by molar-refractivity contribution is 8.13. The molecular weight excluding hydrogens is 293 g/mol. The van der Waals surface area contributed by atoms with Crippen LogP contribution in [0, 0.1) is 6.92 Å². The maximum atomic E-state index is 12.7. The molecule has 0 aromatic heterocycles. The largest absolute Gasteiger partial charge is 0.442 e. The molecule has 1 aliphatic rings. The molecule has 1 heterocycles. The Kier molecular flexibility index (Phi) is 2.71. The Hall–Kier alpha value is -1.15. The van der Waals surface area contributed by atoms with Gasteiger partial charge in [0.2, 0.25) is 0 Å². The van der Waals surface area contributed by atoms with Gasteiger partial charge >= 0.3 is 11.8 Å². The summed E-state index contributed by atoms with van der Waals surface area (Å²) >= 11 is 0. The molecule has 2 rings (SSSR count). The van der Waals surface area contributed by atoms with Crippen molar-refractivity contribution in [3.05, 3.63) is 29.3 Å². The normalized spacial score (nSPS) is 17.8. The summed E-state index contributed by atoms with van der Waals surface area (Å²) in [7, 11) is 1.16. The Morgan fingerprint density at radius 1 is 1.28 bits per heavy atom. The molecule has 0 N–H and O–H groups in total. The molecule has 18 heavy (non-hydrogen) atoms. The fourth-order valence-electron chi connectivity index (χ4n) is 1.58. The zero-order valence-electron chi connectivity index (χ0n) is 8.86. The van der Waals surface area contributed by atoms with Crippen molar-refractivity contribution in [3.8, 4) is 0 Å². The molecule has 0 saturated carbocycles. The van der Waals surface area contributed by atoms with Gasteiger partial charge in [0.05, 0.1) is 4.90 Å². The molecule has 0 fully saturated rings. The highest BCUT2D eigenvalue weighted by Gasteiger charge is 2.65. The predicted molar refractivity (Wildman–Crippen MR) is 56.8 cm³/mol. The van der Waals surface area contributed by atoms with E-state index in [2.05, 4.69) is 10.2 Å². The van der Waals surface area contributed by atoms with Gasteiger partial charge in [0.1, 0.15) is 0 Å². The molecule has 0 atom stereocenters. The molecule has 0 amide bonds. The minimum Gasteiger partial charge on any atom is -0.207 e. The maximum Gasteiger partial charge on any atom is 0.442 e. The number of benzene rings is 1. The summed E-state index contributed by atoms with van der Waals surface area (Å²) in [6.45, 7) is 1.35. The Bertz CT molecular complexity index is 634. The van der Waals surface area contributed by atoms with Crippen LogP contribution in [-0.2, 0) is 14.7 Å². The lowest BCUT2D eigenvalue weighted by molar-refractivity contribution is -0.166. The predicted octanol–water partition coefficient (Wildman–Crippen LogP) is 3.10. The van der Waals surface area contributed by atoms with Crippen LogP contribution in [0.25, 0.3) is 0 Å². The lowest BCUT2D eigenvalue weighted by Crippen LogP contribution is -2.30. The molecule has 1 aromatic rings. The summed E-state index contributed by atoms with van der Waals surface area (Å²) in [6, 6.07) is 3.10. The number of aryl methyl sites for hydroxylation is 1. The third-order valence-electron chi connectivity index (χ3n) is 2.54. The molecule has 0 aliphatic carbocycles. The van der Waals surface area contributed by atoms with Gasteiger partial charge < -0.3 is 0 Å². The van der Waals surface area contributed by atoms with Gasteiger partial charge in [-0.15, -0.1) is 10.2 Å². The SMILES string of the molecule is Cc1cc(C2(C(F)(F)F)N=N2)ccc1S(=O)(=O)Cl. The van der Waals surface area contributed by atoms with Gasteiger partial charge in [0.25, 0.3) is 9.05 Å². The van der Waals surface area contributed by atoms with Gasteiger partial charge in [-0.05, 0) is 24.6 Å². The first kappa shape index (κ1) is 13.3. The van der Waals surface area contributed by atoms with Crippen molar-refractivity contribution in [1.29, 1.82) is 0 Å². The van der Waals surface area contributed by atoms with E-state index >= 15 is 0 Å². The van der Waals surface area contributed by atoms with Crippen LogP contribution in [-0.4, -0.2) is 14.6 Å². The van der Waals surface area contributed by atoms with Crippen molar-refractivity contribution in [1.82, 2.24) is 0 Å². The van der Waals surface area contributed by atoms with E-state index in [1.54, 1.807) is 0 Å². The molecule has 1 aliphatic heterocycles. The molecule has 0 bridgehead atoms. The van der Waals surface area contributed by atoms with Crippen LogP contribution in [0.2, 0.25) is 0 Å². The van der Waals surface area contributed by atoms with Gasteiger partial charge in [-0.25, -0.2) is 8.42 Å². The van der Waals surface area contributed by atoms with Crippen LogP contribution in [0.1, 0.15) is 11.1 Å². The quantitative estimate of drug-likeness (QED) is 0.788. The number of alkyl halides is 3. The summed E-state index contributed by atoms with van der Waals surface area (Å²) in [4.78, 5) is -0.231. The van der Waals surface area contributed by atoms with Crippen LogP contribution in [0.5, 0.6) is 0 Å². The van der Waals surface area contributed by atoms with Gasteiger partial charge in [0.15, 0.2) is 0 Å². The molecule has 0 saturated heterocycles. The topological polar surface area (TPSA) is 58.9 Å². The third-order valence-corrected chi connectivity index (χ3v) is 4.02. The molecule has 0 unspecified atom stereocenters. The average Bonchev–Trinajstić information content (AvgIpc) is 2.94. The van der Waals surface area contributed by atoms with Crippen molar-refractivity contribution < 1.29 is 21.6 Å². The minimum atomic E-state index is -4.64. The summed E-state index contributed by atoms with van der Waals surface area (Å²) in [5.41, 5.74) is -2.66. The zero-order chi connectivity index (χ0) is 13.8. The second kappa shape index (κ2) is 3.67. The maximum absolute atomic E-state index is 12.7. The van der Waals surface area contributed by atoms with Crippen molar-refractivity contribution in [2.45, 2.75) is 23.7 Å². The smallest absolute Gasteiger partial charge is 0.207 e. The fourth-order valence-corrected chi connectivity index (χ4v) is 2.78. The molecule has 4 nitrogen and oxygen atoms in total. The Morgan fingerprint density at radius 2 is 1.83 bits per heavy atom. The number of hydrogen-bond acceptors (Lipinski definition) is 4. The minimum absolute atomic E-state index is 0.114. The van der Waals surface area contributed by atoms with E-state index in [9.17, 15) is 21.6 Å². The zero-order valence-corrected chi connectivity index (χ0v) is 10.4. The Balaban J connectivity index is 2.49. The van der Waals surface area contributed by atoms with Gasteiger partial charge in [-0.3, -0.25) is 0 Å². The lowest BCUT2D eigenvalue weighted by atomic mass is 10.0. The number of hydrogen-bond donors (Lipinski definition) is 0. The van der Waals surface area contributed by atoms with Gasteiger partial charge in [0, 0.05) is 16.2 Å². The Morgan fingerprint density at radius 3 is 2.17 bits per heavy atom. The van der Waals surface area contributed by atoms with Crippen molar-refractivity contribution in [3.63, 3.8) is 0 Å². The van der Waals surface area contributed by atoms with Gasteiger partial charge in [-0.2, -0.15) is 13.2 Å². The monoisotopic (exact) mass is 298 g/mol. The number of nitrogens with zero attached hydrogens (tertiary/aromatic N) is 2. The molecule has 9 heteroatoms. The summed E-state index contributed by atoms with van der Waals surface area (Å²) in [6.07, 6.45) is -4.64. The van der Waals surface area contributed by atoms with Crippen LogP contribution in [0.3, 0.4) is 0 Å². The third kappa shape index (κ3) is 1.99. The van der Waals surface area contributed by atoms with Crippen molar-refractivity contribution in [2.24, 2.45) is 10.2 Å². The second-order valence-corrected chi connectivity index (χ2v) is 6.32. The second-order valence-electron chi connectivity index (χ2n) is 3.79. The fraction of sp³-hybridized carbons (Fsp3) is 0.333. The van der Waals surface area contributed by atoms with E-state index in [-0.39, 0.29) is 16.0 Å². The molecular formula is C9H6ClF3N2O2S. The van der Waals surface area contributed by atoms with E-state index < -0.39 is 20.9 Å². The summed E-state index contributed by atoms with van der Waals surface area (Å²) < 4.78 is 60.4. The highest BCUT2D eigenvalue weighted by Crippen LogP contribution is 2.52. The number of rotatable bonds is 2. The van der Waals surface area contributed by atoms with E-state index in [1.165, 1.54) is 6.92 Å². The first-order valence-electron chi connectivity index (χ1n) is 4.64. The van der Waals surface area contributed by atoms with E-state index in [1.807, 2.05) is 0 Å². The standard InChI is InChI=1S/C9H6ClF3N2O2S/c1-5-4-6(2-3-7(5)18(10,16)17)8(14-15-8)9(11,12)13/h2-4H,1H3. The highest BCUT2D eigenvalue weighted by atomic mass is 35.7. The molecule has 0 spiro atoms. The molecule has 98 valence electrons. The van der Waals surface area contributed by atoms with Crippen LogP contribution in [0.4, 0.5) is 13.2 Å². The molecule has 0 radical (unpaired) electrons. The average molecular weight is 299 g/mol. The van der Waals surface area contributed by atoms with E-state index in [0.717, 1.165) is 18.2 Å². The van der Waals surface area contributed by atoms with Gasteiger partial charge in [-0.1, -0.05) is 6.07 Å². The number of halogens is 4. The summed E-state index contributed by atoms with van der Waals surface area (Å²) in [5, 5.41) is 6.05. The Labute approximate surface area is 105 Å². The van der Waals surface area contributed by atoms with Crippen LogP contribution < -0.4 is 0 Å². The van der Waals surface area contributed by atoms with Crippen LogP contribution in [0.15, 0.2) is 33.3 Å². The van der Waals surface area contributed by atoms with E-state index in [4.69, 9.17) is 10.7 Å². The van der Waals surface area contributed by atoms with Crippen LogP contribution >= 0.6 is 10.7 Å². The first-order valence-corrected chi connectivity index (χ1v) is 6.95. The first-order chi connectivity index (χ1) is 8.08.